The summed E-state index contributed by atoms with van der Waals surface area (Å²) in [4.78, 5) is 36.7. The smallest absolute Gasteiger partial charge is 0.338 e. The number of aryl methyl sites for hydroxylation is 1. The Hall–Kier alpha value is -2.45. The summed E-state index contributed by atoms with van der Waals surface area (Å²) in [5.74, 6) is -0.731. The minimum absolute atomic E-state index is 0.0131. The van der Waals surface area contributed by atoms with E-state index in [2.05, 4.69) is 5.32 Å². The molecule has 0 radical (unpaired) electrons. The first-order valence-electron chi connectivity index (χ1n) is 8.20. The maximum Gasteiger partial charge on any atom is 0.338 e. The number of hydrogen-bond acceptors (Lipinski definition) is 6. The number of urea groups is 1. The lowest BCUT2D eigenvalue weighted by molar-refractivity contribution is -0.123. The van der Waals surface area contributed by atoms with Crippen LogP contribution in [-0.2, 0) is 14.3 Å². The van der Waals surface area contributed by atoms with E-state index in [-0.39, 0.29) is 31.5 Å². The Morgan fingerprint density at radius 2 is 2.16 bits per heavy atom. The van der Waals surface area contributed by atoms with E-state index in [4.69, 9.17) is 15.2 Å². The van der Waals surface area contributed by atoms with Gasteiger partial charge >= 0.3 is 12.0 Å². The lowest BCUT2D eigenvalue weighted by Gasteiger charge is -2.31. The van der Waals surface area contributed by atoms with Crippen molar-refractivity contribution in [2.75, 3.05) is 13.2 Å². The highest BCUT2D eigenvalue weighted by molar-refractivity contribution is 5.96. The molecule has 3 atom stereocenters. The Morgan fingerprint density at radius 3 is 2.88 bits per heavy atom. The largest absolute Gasteiger partial charge is 0.459 e. The molecule has 2 fully saturated rings. The highest BCUT2D eigenvalue weighted by Crippen LogP contribution is 2.24. The fraction of sp³-hybridized carbons (Fsp3) is 0.471. The number of carbonyl (C=O) groups is 3. The molecule has 3 rings (SSSR count). The molecule has 0 aromatic heterocycles. The van der Waals surface area contributed by atoms with Crippen molar-refractivity contribution in [1.29, 1.82) is 0 Å². The number of nitrogens with zero attached hydrogens (tertiary/aromatic N) is 1. The Balaban J connectivity index is 1.56. The van der Waals surface area contributed by atoms with Crippen LogP contribution in [0.1, 0.15) is 28.8 Å². The van der Waals surface area contributed by atoms with Gasteiger partial charge in [0.25, 0.3) is 0 Å². The van der Waals surface area contributed by atoms with Crippen LogP contribution in [0, 0.1) is 6.92 Å². The maximum absolute atomic E-state index is 12.2. The fourth-order valence-electron chi connectivity index (χ4n) is 3.00. The van der Waals surface area contributed by atoms with Crippen LogP contribution in [0.4, 0.5) is 4.79 Å². The van der Waals surface area contributed by atoms with Gasteiger partial charge in [-0.15, -0.1) is 0 Å². The van der Waals surface area contributed by atoms with Gasteiger partial charge in [0.15, 0.2) is 0 Å². The van der Waals surface area contributed by atoms with Gasteiger partial charge in [0.05, 0.1) is 5.56 Å². The predicted octanol–water partition coefficient (Wildman–Crippen LogP) is 0.536. The molecule has 134 valence electrons. The molecule has 2 saturated heterocycles. The Morgan fingerprint density at radius 1 is 1.40 bits per heavy atom. The third kappa shape index (κ3) is 3.80. The highest BCUT2D eigenvalue weighted by Gasteiger charge is 2.40. The highest BCUT2D eigenvalue weighted by atomic mass is 16.6. The van der Waals surface area contributed by atoms with Crippen molar-refractivity contribution in [2.24, 2.45) is 5.73 Å². The van der Waals surface area contributed by atoms with Gasteiger partial charge in [0, 0.05) is 25.4 Å². The number of carbonyl (C=O) groups excluding carboxylic acids is 3. The minimum atomic E-state index is -0.523. The molecule has 8 heteroatoms. The monoisotopic (exact) mass is 347 g/mol. The average molecular weight is 347 g/mol. The number of nitrogens with two attached hydrogens (primary N) is 1. The van der Waals surface area contributed by atoms with E-state index in [1.807, 2.05) is 19.1 Å². The lowest BCUT2D eigenvalue weighted by atomic mass is 10.1. The van der Waals surface area contributed by atoms with Gasteiger partial charge < -0.3 is 15.2 Å². The van der Waals surface area contributed by atoms with Crippen LogP contribution in [0.15, 0.2) is 24.3 Å². The number of esters is 1. The van der Waals surface area contributed by atoms with Crippen LogP contribution >= 0.6 is 0 Å². The average Bonchev–Trinajstić information content (AvgIpc) is 2.93. The Bertz CT molecular complexity index is 693. The van der Waals surface area contributed by atoms with Crippen molar-refractivity contribution in [2.45, 2.75) is 38.1 Å². The number of rotatable bonds is 4. The predicted molar refractivity (Wildman–Crippen MR) is 87.6 cm³/mol. The fourth-order valence-corrected chi connectivity index (χ4v) is 3.00. The van der Waals surface area contributed by atoms with Crippen LogP contribution in [-0.4, -0.2) is 54.3 Å². The second kappa shape index (κ2) is 7.20. The first kappa shape index (κ1) is 17.4. The standard InChI is InChI=1S/C17H21N3O5/c1-10-4-2-3-5-11(10)16(22)24-9-13-12(18)8-15(25-13)20-7-6-14(21)19-17(20)23/h2-5,12-13,15H,6-9,18H2,1H3,(H,19,21,23)/t12-,13+,15+/m0/s1. The molecule has 2 aliphatic rings. The molecule has 0 saturated carbocycles. The number of imide groups is 1. The molecule has 0 aliphatic carbocycles. The van der Waals surface area contributed by atoms with Crippen molar-refractivity contribution >= 4 is 17.9 Å². The van der Waals surface area contributed by atoms with E-state index in [9.17, 15) is 14.4 Å². The van der Waals surface area contributed by atoms with Crippen LogP contribution < -0.4 is 11.1 Å². The van der Waals surface area contributed by atoms with Crippen LogP contribution in [0.2, 0.25) is 0 Å². The van der Waals surface area contributed by atoms with E-state index < -0.39 is 24.3 Å². The molecule has 2 aliphatic heterocycles. The van der Waals surface area contributed by atoms with E-state index in [1.54, 1.807) is 12.1 Å². The van der Waals surface area contributed by atoms with Gasteiger partial charge in [0.2, 0.25) is 5.91 Å². The summed E-state index contributed by atoms with van der Waals surface area (Å²) in [6, 6.07) is 6.31. The van der Waals surface area contributed by atoms with E-state index in [1.165, 1.54) is 4.90 Å². The molecule has 8 nitrogen and oxygen atoms in total. The summed E-state index contributed by atoms with van der Waals surface area (Å²) >= 11 is 0. The quantitative estimate of drug-likeness (QED) is 0.769. The molecule has 3 amide bonds. The van der Waals surface area contributed by atoms with Gasteiger partial charge in [-0.1, -0.05) is 18.2 Å². The lowest BCUT2D eigenvalue weighted by Crippen LogP contribution is -2.53. The molecule has 1 aromatic rings. The Kier molecular flexibility index (Phi) is 5.00. The summed E-state index contributed by atoms with van der Waals surface area (Å²) in [5, 5.41) is 2.26. The van der Waals surface area contributed by atoms with Gasteiger partial charge in [-0.2, -0.15) is 0 Å². The number of nitrogens with one attached hydrogen (secondary N) is 1. The first-order valence-corrected chi connectivity index (χ1v) is 8.20. The topological polar surface area (TPSA) is 111 Å². The van der Waals surface area contributed by atoms with Gasteiger partial charge in [0.1, 0.15) is 18.9 Å². The Labute approximate surface area is 145 Å². The summed E-state index contributed by atoms with van der Waals surface area (Å²) < 4.78 is 11.1. The number of hydrogen-bond donors (Lipinski definition) is 2. The third-order valence-corrected chi connectivity index (χ3v) is 4.46. The van der Waals surface area contributed by atoms with Crippen molar-refractivity contribution in [3.63, 3.8) is 0 Å². The number of benzene rings is 1. The summed E-state index contributed by atoms with van der Waals surface area (Å²) in [5.41, 5.74) is 7.39. The SMILES string of the molecule is Cc1ccccc1C(=O)OC[C@H]1O[C@@H](N2CCC(=O)NC2=O)C[C@@H]1N. The number of ether oxygens (including phenoxy) is 2. The molecule has 3 N–H and O–H groups in total. The van der Waals surface area contributed by atoms with Gasteiger partial charge in [-0.05, 0) is 18.6 Å². The van der Waals surface area contributed by atoms with Crippen molar-refractivity contribution < 1.29 is 23.9 Å². The van der Waals surface area contributed by atoms with Crippen LogP contribution in [0.5, 0.6) is 0 Å². The van der Waals surface area contributed by atoms with Crippen molar-refractivity contribution in [3.8, 4) is 0 Å². The zero-order valence-corrected chi connectivity index (χ0v) is 13.9. The third-order valence-electron chi connectivity index (χ3n) is 4.46. The molecule has 25 heavy (non-hydrogen) atoms. The van der Waals surface area contributed by atoms with Crippen LogP contribution in [0.25, 0.3) is 0 Å². The van der Waals surface area contributed by atoms with Crippen LogP contribution in [0.3, 0.4) is 0 Å². The minimum Gasteiger partial charge on any atom is -0.459 e. The molecule has 0 unspecified atom stereocenters. The molecule has 2 heterocycles. The van der Waals surface area contributed by atoms with Gasteiger partial charge in [-0.3, -0.25) is 15.0 Å². The molecule has 0 bridgehead atoms. The summed E-state index contributed by atoms with van der Waals surface area (Å²) in [6.07, 6.45) is -0.365. The zero-order valence-electron chi connectivity index (χ0n) is 13.9. The second-order valence-corrected chi connectivity index (χ2v) is 6.24. The summed E-state index contributed by atoms with van der Waals surface area (Å²) in [7, 11) is 0. The molecule has 1 aromatic carbocycles. The molecule has 0 spiro atoms. The van der Waals surface area contributed by atoms with E-state index >= 15 is 0 Å². The van der Waals surface area contributed by atoms with Gasteiger partial charge in [-0.25, -0.2) is 9.59 Å². The van der Waals surface area contributed by atoms with Crippen molar-refractivity contribution in [1.82, 2.24) is 10.2 Å². The first-order chi connectivity index (χ1) is 12.0. The maximum atomic E-state index is 12.2. The molecular weight excluding hydrogens is 326 g/mol. The summed E-state index contributed by atoms with van der Waals surface area (Å²) in [6.45, 7) is 2.14. The second-order valence-electron chi connectivity index (χ2n) is 6.24. The zero-order chi connectivity index (χ0) is 18.0. The van der Waals surface area contributed by atoms with Crippen molar-refractivity contribution in [3.05, 3.63) is 35.4 Å². The van der Waals surface area contributed by atoms with E-state index in [0.717, 1.165) is 5.56 Å². The van der Waals surface area contributed by atoms with E-state index in [0.29, 0.717) is 12.0 Å². The number of amides is 3. The normalized spacial score (nSPS) is 26.5. The molecular formula is C17H21N3O5.